The van der Waals surface area contributed by atoms with Crippen LogP contribution in [0.1, 0.15) is 24.2 Å². The van der Waals surface area contributed by atoms with Gasteiger partial charge in [0, 0.05) is 6.20 Å². The molecule has 0 aliphatic carbocycles. The molecule has 5 heteroatoms. The minimum Gasteiger partial charge on any atom is -0.506 e. The molecule has 16 heavy (non-hydrogen) atoms. The van der Waals surface area contributed by atoms with Crippen molar-refractivity contribution >= 4 is 5.91 Å². The van der Waals surface area contributed by atoms with Crippen LogP contribution < -0.4 is 5.32 Å². The van der Waals surface area contributed by atoms with E-state index in [1.165, 1.54) is 18.5 Å². The molecule has 0 unspecified atom stereocenters. The van der Waals surface area contributed by atoms with Gasteiger partial charge in [0.15, 0.2) is 0 Å². The number of aliphatic hydroxyl groups is 1. The molecule has 0 fully saturated rings. The van der Waals surface area contributed by atoms with E-state index in [4.69, 9.17) is 5.11 Å². The fourth-order valence-electron chi connectivity index (χ4n) is 1.23. The second-order valence-corrected chi connectivity index (χ2v) is 3.94. The van der Waals surface area contributed by atoms with Crippen molar-refractivity contribution in [3.63, 3.8) is 0 Å². The highest BCUT2D eigenvalue weighted by atomic mass is 16.3. The molecule has 5 nitrogen and oxygen atoms in total. The van der Waals surface area contributed by atoms with Crippen molar-refractivity contribution in [2.45, 2.75) is 19.9 Å². The average Bonchev–Trinajstić information content (AvgIpc) is 2.25. The van der Waals surface area contributed by atoms with Gasteiger partial charge in [-0.1, -0.05) is 13.8 Å². The van der Waals surface area contributed by atoms with E-state index in [1.54, 1.807) is 0 Å². The molecule has 1 aromatic rings. The highest BCUT2D eigenvalue weighted by molar-refractivity contribution is 5.94. The Bertz CT molecular complexity index is 366. The maximum Gasteiger partial charge on any atom is 0.253 e. The van der Waals surface area contributed by atoms with Crippen molar-refractivity contribution in [3.05, 3.63) is 24.0 Å². The molecule has 88 valence electrons. The van der Waals surface area contributed by atoms with Gasteiger partial charge in [-0.15, -0.1) is 0 Å². The summed E-state index contributed by atoms with van der Waals surface area (Å²) in [5, 5.41) is 20.9. The third-order valence-electron chi connectivity index (χ3n) is 2.30. The van der Waals surface area contributed by atoms with Gasteiger partial charge in [-0.2, -0.15) is 0 Å². The Balaban J connectivity index is 2.72. The summed E-state index contributed by atoms with van der Waals surface area (Å²) in [5.41, 5.74) is 0.277. The molecule has 0 saturated carbocycles. The molecule has 1 heterocycles. The Kier molecular flexibility index (Phi) is 4.25. The first-order valence-electron chi connectivity index (χ1n) is 5.10. The lowest BCUT2D eigenvalue weighted by Gasteiger charge is -2.19. The molecular weight excluding hydrogens is 208 g/mol. The first-order chi connectivity index (χ1) is 7.54. The lowest BCUT2D eigenvalue weighted by Crippen LogP contribution is -2.41. The number of rotatable bonds is 4. The summed E-state index contributed by atoms with van der Waals surface area (Å²) in [6.07, 6.45) is 2.62. The Labute approximate surface area is 94.1 Å². The third kappa shape index (κ3) is 3.20. The molecule has 1 rings (SSSR count). The van der Waals surface area contributed by atoms with Gasteiger partial charge in [0.2, 0.25) is 0 Å². The monoisotopic (exact) mass is 224 g/mol. The van der Waals surface area contributed by atoms with Gasteiger partial charge >= 0.3 is 0 Å². The summed E-state index contributed by atoms with van der Waals surface area (Å²) in [4.78, 5) is 15.4. The molecule has 1 aromatic heterocycles. The molecular formula is C11H16N2O3. The first kappa shape index (κ1) is 12.4. The maximum absolute atomic E-state index is 11.7. The standard InChI is InChI=1S/C11H16N2O3/c1-7(2)10(6-14)13-11(16)8-3-9(15)5-12-4-8/h3-5,7,10,14-15H,6H2,1-2H3,(H,13,16)/t10-/m1/s1. The number of aromatic nitrogens is 1. The predicted molar refractivity (Wildman–Crippen MR) is 59.1 cm³/mol. The van der Waals surface area contributed by atoms with Crippen LogP contribution in [0.2, 0.25) is 0 Å². The topological polar surface area (TPSA) is 82.5 Å². The fraction of sp³-hybridized carbons (Fsp3) is 0.455. The number of nitrogens with one attached hydrogen (secondary N) is 1. The SMILES string of the molecule is CC(C)[C@@H](CO)NC(=O)c1cncc(O)c1. The highest BCUT2D eigenvalue weighted by Gasteiger charge is 2.16. The smallest absolute Gasteiger partial charge is 0.253 e. The molecule has 0 aliphatic rings. The van der Waals surface area contributed by atoms with E-state index < -0.39 is 0 Å². The zero-order valence-corrected chi connectivity index (χ0v) is 9.34. The number of pyridine rings is 1. The number of aliphatic hydroxyl groups excluding tert-OH is 1. The van der Waals surface area contributed by atoms with E-state index in [0.717, 1.165) is 0 Å². The summed E-state index contributed by atoms with van der Waals surface area (Å²) in [6.45, 7) is 3.69. The molecule has 0 spiro atoms. The molecule has 0 saturated heterocycles. The molecule has 0 aliphatic heterocycles. The second kappa shape index (κ2) is 5.46. The number of hydrogen-bond donors (Lipinski definition) is 3. The van der Waals surface area contributed by atoms with Gasteiger partial charge in [-0.05, 0) is 12.0 Å². The molecule has 0 bridgehead atoms. The molecule has 3 N–H and O–H groups in total. The maximum atomic E-state index is 11.7. The predicted octanol–water partition coefficient (Wildman–Crippen LogP) is 0.534. The Morgan fingerprint density at radius 3 is 2.69 bits per heavy atom. The van der Waals surface area contributed by atoms with E-state index >= 15 is 0 Å². The normalized spacial score (nSPS) is 12.5. The van der Waals surface area contributed by atoms with Gasteiger partial charge in [0.05, 0.1) is 24.4 Å². The third-order valence-corrected chi connectivity index (χ3v) is 2.30. The van der Waals surface area contributed by atoms with Gasteiger partial charge in [-0.25, -0.2) is 0 Å². The number of aromatic hydroxyl groups is 1. The van der Waals surface area contributed by atoms with Gasteiger partial charge < -0.3 is 15.5 Å². The van der Waals surface area contributed by atoms with Crippen LogP contribution in [0.15, 0.2) is 18.5 Å². The average molecular weight is 224 g/mol. The van der Waals surface area contributed by atoms with Gasteiger partial charge in [0.25, 0.3) is 5.91 Å². The van der Waals surface area contributed by atoms with Crippen LogP contribution in [0, 0.1) is 5.92 Å². The van der Waals surface area contributed by atoms with Crippen LogP contribution in [-0.4, -0.2) is 33.8 Å². The van der Waals surface area contributed by atoms with E-state index in [2.05, 4.69) is 10.3 Å². The number of carbonyl (C=O) groups excluding carboxylic acids is 1. The molecule has 0 aromatic carbocycles. The van der Waals surface area contributed by atoms with Crippen LogP contribution >= 0.6 is 0 Å². The Morgan fingerprint density at radius 1 is 1.50 bits per heavy atom. The quantitative estimate of drug-likeness (QED) is 0.697. The lowest BCUT2D eigenvalue weighted by molar-refractivity contribution is 0.0896. The zero-order valence-electron chi connectivity index (χ0n) is 9.34. The minimum absolute atomic E-state index is 0.0576. The molecule has 1 amide bonds. The van der Waals surface area contributed by atoms with Crippen molar-refractivity contribution in [2.24, 2.45) is 5.92 Å². The summed E-state index contributed by atoms with van der Waals surface area (Å²) in [5.74, 6) is -0.270. The Morgan fingerprint density at radius 2 is 2.19 bits per heavy atom. The first-order valence-corrected chi connectivity index (χ1v) is 5.10. The van der Waals surface area contributed by atoms with Crippen LogP contribution in [0.4, 0.5) is 0 Å². The number of carbonyl (C=O) groups is 1. The van der Waals surface area contributed by atoms with Crippen LogP contribution in [0.3, 0.4) is 0 Å². The van der Waals surface area contributed by atoms with E-state index in [9.17, 15) is 9.90 Å². The minimum atomic E-state index is -0.351. The van der Waals surface area contributed by atoms with Gasteiger partial charge in [-0.3, -0.25) is 9.78 Å². The van der Waals surface area contributed by atoms with Crippen molar-refractivity contribution in [1.82, 2.24) is 10.3 Å². The van der Waals surface area contributed by atoms with Crippen LogP contribution in [0.25, 0.3) is 0 Å². The van der Waals surface area contributed by atoms with E-state index in [0.29, 0.717) is 0 Å². The van der Waals surface area contributed by atoms with Crippen LogP contribution in [0.5, 0.6) is 5.75 Å². The second-order valence-electron chi connectivity index (χ2n) is 3.94. The van der Waals surface area contributed by atoms with Crippen molar-refractivity contribution < 1.29 is 15.0 Å². The largest absolute Gasteiger partial charge is 0.506 e. The summed E-state index contributed by atoms with van der Waals surface area (Å²) < 4.78 is 0. The van der Waals surface area contributed by atoms with Crippen molar-refractivity contribution in [2.75, 3.05) is 6.61 Å². The zero-order chi connectivity index (χ0) is 12.1. The summed E-state index contributed by atoms with van der Waals surface area (Å²) >= 11 is 0. The number of nitrogens with zero attached hydrogens (tertiary/aromatic N) is 1. The lowest BCUT2D eigenvalue weighted by atomic mass is 10.1. The van der Waals surface area contributed by atoms with E-state index in [-0.39, 0.29) is 35.8 Å². The molecule has 0 radical (unpaired) electrons. The van der Waals surface area contributed by atoms with Crippen molar-refractivity contribution in [3.8, 4) is 5.75 Å². The highest BCUT2D eigenvalue weighted by Crippen LogP contribution is 2.09. The van der Waals surface area contributed by atoms with Crippen LogP contribution in [-0.2, 0) is 0 Å². The summed E-state index contributed by atoms with van der Waals surface area (Å²) in [7, 11) is 0. The Hall–Kier alpha value is -1.62. The van der Waals surface area contributed by atoms with Crippen molar-refractivity contribution in [1.29, 1.82) is 0 Å². The summed E-state index contributed by atoms with van der Waals surface area (Å²) in [6, 6.07) is 1.03. The number of amides is 1. The van der Waals surface area contributed by atoms with Gasteiger partial charge in [0.1, 0.15) is 5.75 Å². The molecule has 1 atom stereocenters. The fourth-order valence-corrected chi connectivity index (χ4v) is 1.23. The number of hydrogen-bond acceptors (Lipinski definition) is 4. The van der Waals surface area contributed by atoms with E-state index in [1.807, 2.05) is 13.8 Å².